The Kier molecular flexibility index (Phi) is 4.80. The standard InChI is InChI=1S/C14H17BrFNO2/c1-2-19-13-9-11(15)12(16)8-10(13)14(18)17-6-4-3-5-7-17/h8-9H,2-7H2,1H3. The molecule has 0 radical (unpaired) electrons. The van der Waals surface area contributed by atoms with Gasteiger partial charge in [0, 0.05) is 13.1 Å². The van der Waals surface area contributed by atoms with E-state index in [1.165, 1.54) is 12.1 Å². The highest BCUT2D eigenvalue weighted by Gasteiger charge is 2.23. The topological polar surface area (TPSA) is 29.5 Å². The van der Waals surface area contributed by atoms with Crippen molar-refractivity contribution in [1.29, 1.82) is 0 Å². The molecule has 3 nitrogen and oxygen atoms in total. The van der Waals surface area contributed by atoms with E-state index in [0.29, 0.717) is 22.4 Å². The quantitative estimate of drug-likeness (QED) is 0.847. The summed E-state index contributed by atoms with van der Waals surface area (Å²) in [6, 6.07) is 2.78. The van der Waals surface area contributed by atoms with Crippen LogP contribution >= 0.6 is 15.9 Å². The molecule has 1 saturated heterocycles. The Labute approximate surface area is 120 Å². The first-order chi connectivity index (χ1) is 9.13. The summed E-state index contributed by atoms with van der Waals surface area (Å²) in [5.74, 6) is -0.148. The molecule has 19 heavy (non-hydrogen) atoms. The van der Waals surface area contributed by atoms with E-state index in [-0.39, 0.29) is 5.91 Å². The van der Waals surface area contributed by atoms with Crippen LogP contribution in [0.25, 0.3) is 0 Å². The summed E-state index contributed by atoms with van der Waals surface area (Å²) in [5.41, 5.74) is 0.310. The Morgan fingerprint density at radius 3 is 2.68 bits per heavy atom. The summed E-state index contributed by atoms with van der Waals surface area (Å²) in [7, 11) is 0. The monoisotopic (exact) mass is 329 g/mol. The molecule has 104 valence electrons. The third kappa shape index (κ3) is 3.26. The number of likely N-dealkylation sites (tertiary alicyclic amines) is 1. The van der Waals surface area contributed by atoms with E-state index in [2.05, 4.69) is 15.9 Å². The number of benzene rings is 1. The highest BCUT2D eigenvalue weighted by atomic mass is 79.9. The molecular weight excluding hydrogens is 313 g/mol. The minimum Gasteiger partial charge on any atom is -0.493 e. The molecule has 0 aromatic heterocycles. The molecule has 0 bridgehead atoms. The van der Waals surface area contributed by atoms with Crippen molar-refractivity contribution >= 4 is 21.8 Å². The summed E-state index contributed by atoms with van der Waals surface area (Å²) in [5, 5.41) is 0. The number of hydrogen-bond donors (Lipinski definition) is 0. The smallest absolute Gasteiger partial charge is 0.257 e. The fraction of sp³-hybridized carbons (Fsp3) is 0.500. The number of rotatable bonds is 3. The second kappa shape index (κ2) is 6.37. The summed E-state index contributed by atoms with van der Waals surface area (Å²) < 4.78 is 19.4. The molecule has 5 heteroatoms. The summed E-state index contributed by atoms with van der Waals surface area (Å²) in [4.78, 5) is 14.2. The van der Waals surface area contributed by atoms with E-state index in [1.54, 1.807) is 4.90 Å². The Bertz CT molecular complexity index is 473. The summed E-state index contributed by atoms with van der Waals surface area (Å²) in [6.07, 6.45) is 3.17. The van der Waals surface area contributed by atoms with E-state index in [0.717, 1.165) is 32.4 Å². The summed E-state index contributed by atoms with van der Waals surface area (Å²) in [6.45, 7) is 3.76. The Hall–Kier alpha value is -1.10. The number of ether oxygens (including phenoxy) is 1. The van der Waals surface area contributed by atoms with Gasteiger partial charge in [-0.1, -0.05) is 0 Å². The van der Waals surface area contributed by atoms with Crippen LogP contribution in [-0.4, -0.2) is 30.5 Å². The van der Waals surface area contributed by atoms with Gasteiger partial charge in [-0.05, 0) is 54.2 Å². The van der Waals surface area contributed by atoms with Crippen molar-refractivity contribution in [2.45, 2.75) is 26.2 Å². The van der Waals surface area contributed by atoms with Crippen molar-refractivity contribution in [2.24, 2.45) is 0 Å². The zero-order valence-electron chi connectivity index (χ0n) is 10.9. The first-order valence-electron chi connectivity index (χ1n) is 6.54. The van der Waals surface area contributed by atoms with Gasteiger partial charge in [0.15, 0.2) is 0 Å². The van der Waals surface area contributed by atoms with Gasteiger partial charge < -0.3 is 9.64 Å². The molecule has 0 spiro atoms. The van der Waals surface area contributed by atoms with Gasteiger partial charge in [0.25, 0.3) is 5.91 Å². The van der Waals surface area contributed by atoms with Gasteiger partial charge in [0.05, 0.1) is 16.6 Å². The average molecular weight is 330 g/mol. The fourth-order valence-electron chi connectivity index (χ4n) is 2.24. The van der Waals surface area contributed by atoms with E-state index in [9.17, 15) is 9.18 Å². The van der Waals surface area contributed by atoms with E-state index in [4.69, 9.17) is 4.74 Å². The second-order valence-corrected chi connectivity index (χ2v) is 5.40. The molecule has 2 rings (SSSR count). The minimum absolute atomic E-state index is 0.144. The van der Waals surface area contributed by atoms with Crippen molar-refractivity contribution in [3.05, 3.63) is 28.0 Å². The van der Waals surface area contributed by atoms with Crippen LogP contribution in [0, 0.1) is 5.82 Å². The van der Waals surface area contributed by atoms with Gasteiger partial charge in [-0.3, -0.25) is 4.79 Å². The molecule has 1 aliphatic heterocycles. The maximum absolute atomic E-state index is 13.7. The normalized spacial score (nSPS) is 15.4. The lowest BCUT2D eigenvalue weighted by Gasteiger charge is -2.27. The lowest BCUT2D eigenvalue weighted by Crippen LogP contribution is -2.35. The van der Waals surface area contributed by atoms with Crippen molar-refractivity contribution in [3.63, 3.8) is 0 Å². The largest absolute Gasteiger partial charge is 0.493 e. The van der Waals surface area contributed by atoms with E-state index >= 15 is 0 Å². The zero-order valence-corrected chi connectivity index (χ0v) is 12.5. The SMILES string of the molecule is CCOc1cc(Br)c(F)cc1C(=O)N1CCCCC1. The number of piperidine rings is 1. The minimum atomic E-state index is -0.441. The number of hydrogen-bond acceptors (Lipinski definition) is 2. The van der Waals surface area contributed by atoms with Gasteiger partial charge in [-0.15, -0.1) is 0 Å². The maximum Gasteiger partial charge on any atom is 0.257 e. The Balaban J connectivity index is 2.30. The molecule has 0 unspecified atom stereocenters. The van der Waals surface area contributed by atoms with Crippen LogP contribution in [0.3, 0.4) is 0 Å². The van der Waals surface area contributed by atoms with Gasteiger partial charge in [0.1, 0.15) is 11.6 Å². The lowest BCUT2D eigenvalue weighted by atomic mass is 10.1. The Morgan fingerprint density at radius 1 is 1.37 bits per heavy atom. The molecule has 1 aromatic rings. The van der Waals surface area contributed by atoms with Crippen molar-refractivity contribution in [2.75, 3.05) is 19.7 Å². The average Bonchev–Trinajstić information content (AvgIpc) is 2.43. The molecular formula is C14H17BrFNO2. The molecule has 1 amide bonds. The van der Waals surface area contributed by atoms with Crippen LogP contribution in [0.1, 0.15) is 36.5 Å². The van der Waals surface area contributed by atoms with Crippen LogP contribution in [0.15, 0.2) is 16.6 Å². The molecule has 1 fully saturated rings. The lowest BCUT2D eigenvalue weighted by molar-refractivity contribution is 0.0719. The predicted molar refractivity (Wildman–Crippen MR) is 75.0 cm³/mol. The molecule has 1 aromatic carbocycles. The second-order valence-electron chi connectivity index (χ2n) is 4.55. The van der Waals surface area contributed by atoms with Gasteiger partial charge >= 0.3 is 0 Å². The third-order valence-corrected chi connectivity index (χ3v) is 3.80. The first-order valence-corrected chi connectivity index (χ1v) is 7.34. The number of carbonyl (C=O) groups is 1. The van der Waals surface area contributed by atoms with E-state index in [1.807, 2.05) is 6.92 Å². The predicted octanol–water partition coefficient (Wildman–Crippen LogP) is 3.61. The molecule has 1 heterocycles. The third-order valence-electron chi connectivity index (χ3n) is 3.20. The van der Waals surface area contributed by atoms with E-state index < -0.39 is 5.82 Å². The number of amides is 1. The van der Waals surface area contributed by atoms with Crippen molar-refractivity contribution in [3.8, 4) is 5.75 Å². The van der Waals surface area contributed by atoms with Crippen LogP contribution < -0.4 is 4.74 Å². The highest BCUT2D eigenvalue weighted by molar-refractivity contribution is 9.10. The number of nitrogens with zero attached hydrogens (tertiary/aromatic N) is 1. The van der Waals surface area contributed by atoms with Gasteiger partial charge in [0.2, 0.25) is 0 Å². The summed E-state index contributed by atoms with van der Waals surface area (Å²) >= 11 is 3.12. The molecule has 0 atom stereocenters. The van der Waals surface area contributed by atoms with Crippen LogP contribution in [0.4, 0.5) is 4.39 Å². The number of carbonyl (C=O) groups excluding carboxylic acids is 1. The van der Waals surface area contributed by atoms with Crippen molar-refractivity contribution < 1.29 is 13.9 Å². The molecule has 0 N–H and O–H groups in total. The van der Waals surface area contributed by atoms with Gasteiger partial charge in [-0.25, -0.2) is 4.39 Å². The van der Waals surface area contributed by atoms with Crippen molar-refractivity contribution in [1.82, 2.24) is 4.90 Å². The van der Waals surface area contributed by atoms with Gasteiger partial charge in [-0.2, -0.15) is 0 Å². The first kappa shape index (κ1) is 14.3. The fourth-order valence-corrected chi connectivity index (χ4v) is 2.56. The van der Waals surface area contributed by atoms with Crippen LogP contribution in [0.5, 0.6) is 5.75 Å². The maximum atomic E-state index is 13.7. The Morgan fingerprint density at radius 2 is 2.05 bits per heavy atom. The van der Waals surface area contributed by atoms with Crippen LogP contribution in [0.2, 0.25) is 0 Å². The number of halogens is 2. The zero-order chi connectivity index (χ0) is 13.8. The molecule has 0 aliphatic carbocycles. The molecule has 0 saturated carbocycles. The van der Waals surface area contributed by atoms with Crippen LogP contribution in [-0.2, 0) is 0 Å². The molecule has 1 aliphatic rings. The highest BCUT2D eigenvalue weighted by Crippen LogP contribution is 2.28.